The van der Waals surface area contributed by atoms with Gasteiger partial charge in [0.05, 0.1) is 36.1 Å². The number of carbonyl (C=O) groups is 1. The summed E-state index contributed by atoms with van der Waals surface area (Å²) in [5.41, 5.74) is 1.97. The van der Waals surface area contributed by atoms with Crippen LogP contribution in [0.15, 0.2) is 24.5 Å². The first-order valence-electron chi connectivity index (χ1n) is 7.15. The number of carboxylic acids is 1. The summed E-state index contributed by atoms with van der Waals surface area (Å²) < 4.78 is 7.47. The third-order valence-electron chi connectivity index (χ3n) is 3.92. The van der Waals surface area contributed by atoms with Gasteiger partial charge in [0.15, 0.2) is 0 Å². The summed E-state index contributed by atoms with van der Waals surface area (Å²) >= 11 is 0. The molecule has 112 valence electrons. The van der Waals surface area contributed by atoms with E-state index in [2.05, 4.69) is 21.4 Å². The van der Waals surface area contributed by atoms with Gasteiger partial charge >= 0.3 is 5.97 Å². The highest BCUT2D eigenvalue weighted by Gasteiger charge is 2.16. The number of nitrogens with zero attached hydrogens (tertiary/aromatic N) is 3. The van der Waals surface area contributed by atoms with E-state index in [4.69, 9.17) is 9.84 Å². The van der Waals surface area contributed by atoms with Crippen LogP contribution < -0.4 is 0 Å². The number of rotatable bonds is 4. The molecule has 2 heterocycles. The van der Waals surface area contributed by atoms with E-state index in [1.54, 1.807) is 18.5 Å². The van der Waals surface area contributed by atoms with E-state index >= 15 is 0 Å². The van der Waals surface area contributed by atoms with Gasteiger partial charge in [-0.25, -0.2) is 9.78 Å². The molecule has 1 N–H and O–H groups in total. The number of ether oxygens (including phenoxy) is 1. The summed E-state index contributed by atoms with van der Waals surface area (Å²) in [4.78, 5) is 17.7. The molecule has 0 aliphatic carbocycles. The molecular weight excluding hydrogens is 270 g/mol. The normalized spacial score (nSPS) is 18.0. The van der Waals surface area contributed by atoms with Gasteiger partial charge in [0, 0.05) is 25.7 Å². The van der Waals surface area contributed by atoms with E-state index in [1.165, 1.54) is 0 Å². The summed E-state index contributed by atoms with van der Waals surface area (Å²) in [6, 6.07) is 5.37. The van der Waals surface area contributed by atoms with Crippen molar-refractivity contribution in [2.24, 2.45) is 0 Å². The molecule has 1 atom stereocenters. The molecule has 1 aliphatic rings. The van der Waals surface area contributed by atoms with Crippen molar-refractivity contribution in [3.8, 4) is 0 Å². The van der Waals surface area contributed by atoms with Crippen LogP contribution >= 0.6 is 0 Å². The van der Waals surface area contributed by atoms with Crippen molar-refractivity contribution in [1.82, 2.24) is 14.5 Å². The Labute approximate surface area is 122 Å². The SMILES string of the molecule is CC(CN1CCOCC1)n1cnc2cc(C(=O)O)ccc21. The van der Waals surface area contributed by atoms with Gasteiger partial charge in [-0.1, -0.05) is 0 Å². The van der Waals surface area contributed by atoms with Crippen molar-refractivity contribution in [2.75, 3.05) is 32.8 Å². The average Bonchev–Trinajstić information content (AvgIpc) is 2.91. The predicted molar refractivity (Wildman–Crippen MR) is 78.7 cm³/mol. The second-order valence-corrected chi connectivity index (χ2v) is 5.42. The number of imidazole rings is 1. The third-order valence-corrected chi connectivity index (χ3v) is 3.92. The summed E-state index contributed by atoms with van der Waals surface area (Å²) in [7, 11) is 0. The van der Waals surface area contributed by atoms with E-state index in [-0.39, 0.29) is 11.6 Å². The lowest BCUT2D eigenvalue weighted by atomic mass is 10.2. The minimum atomic E-state index is -0.923. The zero-order chi connectivity index (χ0) is 14.8. The molecule has 1 unspecified atom stereocenters. The van der Waals surface area contributed by atoms with Gasteiger partial charge in [-0.3, -0.25) is 4.90 Å². The van der Waals surface area contributed by atoms with Crippen LogP contribution in [-0.2, 0) is 4.74 Å². The molecule has 1 fully saturated rings. The highest BCUT2D eigenvalue weighted by Crippen LogP contribution is 2.20. The van der Waals surface area contributed by atoms with E-state index in [1.807, 2.05) is 6.07 Å². The van der Waals surface area contributed by atoms with E-state index < -0.39 is 5.97 Å². The Morgan fingerprint density at radius 1 is 1.43 bits per heavy atom. The zero-order valence-electron chi connectivity index (χ0n) is 12.0. The molecule has 0 bridgehead atoms. The summed E-state index contributed by atoms with van der Waals surface area (Å²) in [6.45, 7) is 6.59. The Kier molecular flexibility index (Phi) is 3.90. The molecule has 3 rings (SSSR count). The first-order chi connectivity index (χ1) is 10.1. The summed E-state index contributed by atoms with van der Waals surface area (Å²) in [5, 5.41) is 9.02. The minimum absolute atomic E-state index is 0.272. The molecule has 1 aromatic heterocycles. The van der Waals surface area contributed by atoms with E-state index in [0.717, 1.165) is 43.9 Å². The highest BCUT2D eigenvalue weighted by molar-refractivity contribution is 5.92. The third kappa shape index (κ3) is 2.91. The van der Waals surface area contributed by atoms with Gasteiger partial charge in [-0.2, -0.15) is 0 Å². The molecule has 0 amide bonds. The quantitative estimate of drug-likeness (QED) is 0.926. The Hall–Kier alpha value is -1.92. The molecule has 6 nitrogen and oxygen atoms in total. The van der Waals surface area contributed by atoms with Crippen LogP contribution in [0.2, 0.25) is 0 Å². The number of hydrogen-bond donors (Lipinski definition) is 1. The van der Waals surface area contributed by atoms with Gasteiger partial charge in [0.1, 0.15) is 0 Å². The van der Waals surface area contributed by atoms with Gasteiger partial charge < -0.3 is 14.4 Å². The van der Waals surface area contributed by atoms with Gasteiger partial charge in [-0.05, 0) is 25.1 Å². The fraction of sp³-hybridized carbons (Fsp3) is 0.467. The molecule has 6 heteroatoms. The second kappa shape index (κ2) is 5.83. The Bertz CT molecular complexity index is 647. The maximum Gasteiger partial charge on any atom is 0.335 e. The standard InChI is InChI=1S/C15H19N3O3/c1-11(9-17-4-6-21-7-5-17)18-10-16-13-8-12(15(19)20)2-3-14(13)18/h2-3,8,10-11H,4-7,9H2,1H3,(H,19,20). The number of aromatic carboxylic acids is 1. The summed E-state index contributed by atoms with van der Waals surface area (Å²) in [5.74, 6) is -0.923. The topological polar surface area (TPSA) is 67.6 Å². The molecule has 2 aromatic rings. The molecule has 0 saturated carbocycles. The Morgan fingerprint density at radius 3 is 2.90 bits per heavy atom. The Balaban J connectivity index is 1.81. The molecule has 1 aromatic carbocycles. The van der Waals surface area contributed by atoms with Gasteiger partial charge in [0.2, 0.25) is 0 Å². The lowest BCUT2D eigenvalue weighted by Crippen LogP contribution is -2.39. The fourth-order valence-corrected chi connectivity index (χ4v) is 2.76. The molecule has 1 aliphatic heterocycles. The van der Waals surface area contributed by atoms with Crippen LogP contribution in [0.25, 0.3) is 11.0 Å². The molecule has 21 heavy (non-hydrogen) atoms. The zero-order valence-corrected chi connectivity index (χ0v) is 12.0. The minimum Gasteiger partial charge on any atom is -0.478 e. The van der Waals surface area contributed by atoms with Gasteiger partial charge in [-0.15, -0.1) is 0 Å². The summed E-state index contributed by atoms with van der Waals surface area (Å²) in [6.07, 6.45) is 1.79. The van der Waals surface area contributed by atoms with Crippen LogP contribution in [0.1, 0.15) is 23.3 Å². The van der Waals surface area contributed by atoms with Crippen molar-refractivity contribution in [3.63, 3.8) is 0 Å². The van der Waals surface area contributed by atoms with Crippen LogP contribution in [0.3, 0.4) is 0 Å². The number of morpholine rings is 1. The predicted octanol–water partition coefficient (Wildman–Crippen LogP) is 1.63. The van der Waals surface area contributed by atoms with Crippen LogP contribution in [0, 0.1) is 0 Å². The maximum absolute atomic E-state index is 11.0. The van der Waals surface area contributed by atoms with Crippen molar-refractivity contribution in [3.05, 3.63) is 30.1 Å². The van der Waals surface area contributed by atoms with Crippen molar-refractivity contribution >= 4 is 17.0 Å². The smallest absolute Gasteiger partial charge is 0.335 e. The largest absolute Gasteiger partial charge is 0.478 e. The first kappa shape index (κ1) is 14.0. The van der Waals surface area contributed by atoms with Crippen LogP contribution in [0.5, 0.6) is 0 Å². The first-order valence-corrected chi connectivity index (χ1v) is 7.15. The van der Waals surface area contributed by atoms with Crippen molar-refractivity contribution in [2.45, 2.75) is 13.0 Å². The number of hydrogen-bond acceptors (Lipinski definition) is 4. The van der Waals surface area contributed by atoms with E-state index in [0.29, 0.717) is 0 Å². The Morgan fingerprint density at radius 2 is 2.19 bits per heavy atom. The monoisotopic (exact) mass is 289 g/mol. The molecular formula is C15H19N3O3. The highest BCUT2D eigenvalue weighted by atomic mass is 16.5. The number of benzene rings is 1. The van der Waals surface area contributed by atoms with E-state index in [9.17, 15) is 4.79 Å². The lowest BCUT2D eigenvalue weighted by Gasteiger charge is -2.29. The molecule has 0 radical (unpaired) electrons. The number of aromatic nitrogens is 2. The maximum atomic E-state index is 11.0. The van der Waals surface area contributed by atoms with Crippen LogP contribution in [-0.4, -0.2) is 58.4 Å². The van der Waals surface area contributed by atoms with Crippen molar-refractivity contribution in [1.29, 1.82) is 0 Å². The average molecular weight is 289 g/mol. The van der Waals surface area contributed by atoms with Crippen LogP contribution in [0.4, 0.5) is 0 Å². The molecule has 1 saturated heterocycles. The van der Waals surface area contributed by atoms with Crippen molar-refractivity contribution < 1.29 is 14.6 Å². The second-order valence-electron chi connectivity index (χ2n) is 5.42. The molecule has 0 spiro atoms. The lowest BCUT2D eigenvalue weighted by molar-refractivity contribution is 0.0328. The number of carboxylic acid groups (broad SMARTS) is 1. The number of fused-ring (bicyclic) bond motifs is 1. The fourth-order valence-electron chi connectivity index (χ4n) is 2.76. The van der Waals surface area contributed by atoms with Gasteiger partial charge in [0.25, 0.3) is 0 Å².